The van der Waals surface area contributed by atoms with Crippen LogP contribution in [0.15, 0.2) is 24.3 Å². The van der Waals surface area contributed by atoms with Crippen LogP contribution in [0, 0.1) is 11.8 Å². The average molecular weight is 392 g/mol. The van der Waals surface area contributed by atoms with Gasteiger partial charge in [0.15, 0.2) is 0 Å². The first-order valence-corrected chi connectivity index (χ1v) is 10.0. The van der Waals surface area contributed by atoms with Gasteiger partial charge < -0.3 is 16.0 Å². The Kier molecular flexibility index (Phi) is 6.72. The summed E-state index contributed by atoms with van der Waals surface area (Å²) in [5.41, 5.74) is 0.975. The van der Waals surface area contributed by atoms with E-state index < -0.39 is 5.92 Å². The van der Waals surface area contributed by atoms with E-state index in [1.165, 1.54) is 0 Å². The Morgan fingerprint density at radius 3 is 2.59 bits per heavy atom. The minimum atomic E-state index is -0.572. The molecule has 146 valence electrons. The van der Waals surface area contributed by atoms with E-state index in [1.54, 1.807) is 6.07 Å². The number of halogens is 1. The zero-order valence-corrected chi connectivity index (χ0v) is 16.1. The standard InChI is InChI=1S/C20H26ClN3O3/c21-15-4-1-3-13(11-15)12-23-18(25)14-6-8-16(9-7-14)24-20(27)17-5-2-10-22-19(17)26/h1,3-4,11,14,16-17H,2,5-10,12H2,(H,22,26)(H,23,25)(H,24,27). The number of hydrogen-bond donors (Lipinski definition) is 3. The lowest BCUT2D eigenvalue weighted by Crippen LogP contribution is -2.48. The molecule has 0 spiro atoms. The van der Waals surface area contributed by atoms with Gasteiger partial charge in [-0.05, 0) is 56.2 Å². The van der Waals surface area contributed by atoms with Crippen molar-refractivity contribution in [2.75, 3.05) is 6.54 Å². The summed E-state index contributed by atoms with van der Waals surface area (Å²) in [7, 11) is 0. The SMILES string of the molecule is O=C(NCc1cccc(Cl)c1)C1CCC(NC(=O)C2CCCNC2=O)CC1. The van der Waals surface area contributed by atoms with Crippen molar-refractivity contribution in [3.05, 3.63) is 34.9 Å². The quantitative estimate of drug-likeness (QED) is 0.672. The largest absolute Gasteiger partial charge is 0.355 e. The third-order valence-electron chi connectivity index (χ3n) is 5.40. The van der Waals surface area contributed by atoms with E-state index >= 15 is 0 Å². The Morgan fingerprint density at radius 1 is 1.11 bits per heavy atom. The molecule has 1 unspecified atom stereocenters. The molecule has 1 saturated carbocycles. The number of amides is 3. The lowest BCUT2D eigenvalue weighted by atomic mass is 9.85. The zero-order chi connectivity index (χ0) is 19.2. The van der Waals surface area contributed by atoms with Crippen molar-refractivity contribution in [1.82, 2.24) is 16.0 Å². The second-order valence-electron chi connectivity index (χ2n) is 7.39. The molecule has 3 amide bonds. The Hall–Kier alpha value is -2.08. The maximum Gasteiger partial charge on any atom is 0.232 e. The highest BCUT2D eigenvalue weighted by molar-refractivity contribution is 6.30. The number of rotatable bonds is 5. The maximum absolute atomic E-state index is 12.4. The molecule has 0 bridgehead atoms. The molecule has 0 radical (unpaired) electrons. The predicted molar refractivity (Wildman–Crippen MR) is 103 cm³/mol. The highest BCUT2D eigenvalue weighted by Gasteiger charge is 2.32. The second-order valence-corrected chi connectivity index (χ2v) is 7.83. The van der Waals surface area contributed by atoms with Crippen LogP contribution in [0.3, 0.4) is 0 Å². The van der Waals surface area contributed by atoms with Crippen molar-refractivity contribution in [3.8, 4) is 0 Å². The highest BCUT2D eigenvalue weighted by atomic mass is 35.5. The number of benzene rings is 1. The monoisotopic (exact) mass is 391 g/mol. The van der Waals surface area contributed by atoms with Gasteiger partial charge in [-0.25, -0.2) is 0 Å². The first-order chi connectivity index (χ1) is 13.0. The van der Waals surface area contributed by atoms with Crippen molar-refractivity contribution < 1.29 is 14.4 Å². The molecule has 7 heteroatoms. The molecular formula is C20H26ClN3O3. The molecule has 1 aromatic carbocycles. The maximum atomic E-state index is 12.4. The zero-order valence-electron chi connectivity index (χ0n) is 15.3. The lowest BCUT2D eigenvalue weighted by molar-refractivity contribution is -0.137. The summed E-state index contributed by atoms with van der Waals surface area (Å²) < 4.78 is 0. The summed E-state index contributed by atoms with van der Waals surface area (Å²) in [4.78, 5) is 36.5. The molecular weight excluding hydrogens is 366 g/mol. The van der Waals surface area contributed by atoms with Gasteiger partial charge in [-0.2, -0.15) is 0 Å². The van der Waals surface area contributed by atoms with Crippen LogP contribution in [0.5, 0.6) is 0 Å². The summed E-state index contributed by atoms with van der Waals surface area (Å²) in [5.74, 6) is -0.909. The molecule has 6 nitrogen and oxygen atoms in total. The van der Waals surface area contributed by atoms with Crippen LogP contribution < -0.4 is 16.0 Å². The van der Waals surface area contributed by atoms with Crippen LogP contribution in [0.4, 0.5) is 0 Å². The van der Waals surface area contributed by atoms with Crippen LogP contribution in [-0.4, -0.2) is 30.3 Å². The second kappa shape index (κ2) is 9.22. The molecule has 0 aromatic heterocycles. The van der Waals surface area contributed by atoms with Gasteiger partial charge >= 0.3 is 0 Å². The third-order valence-corrected chi connectivity index (χ3v) is 5.64. The van der Waals surface area contributed by atoms with Crippen molar-refractivity contribution in [2.45, 2.75) is 51.1 Å². The Balaban J connectivity index is 1.41. The molecule has 1 heterocycles. The molecule has 27 heavy (non-hydrogen) atoms. The number of carbonyl (C=O) groups is 3. The number of piperidine rings is 1. The Labute approximate surface area is 164 Å². The molecule has 2 aliphatic rings. The van der Waals surface area contributed by atoms with Crippen molar-refractivity contribution in [3.63, 3.8) is 0 Å². The van der Waals surface area contributed by atoms with Gasteiger partial charge in [0.05, 0.1) is 0 Å². The fourth-order valence-corrected chi connectivity index (χ4v) is 4.02. The van der Waals surface area contributed by atoms with E-state index in [4.69, 9.17) is 11.6 Å². The van der Waals surface area contributed by atoms with E-state index in [2.05, 4.69) is 16.0 Å². The third kappa shape index (κ3) is 5.45. The molecule has 1 atom stereocenters. The van der Waals surface area contributed by atoms with E-state index in [0.29, 0.717) is 24.5 Å². The Bertz CT molecular complexity index is 701. The van der Waals surface area contributed by atoms with Gasteiger partial charge in [-0.15, -0.1) is 0 Å². The minimum Gasteiger partial charge on any atom is -0.355 e. The van der Waals surface area contributed by atoms with Crippen LogP contribution in [0.2, 0.25) is 5.02 Å². The van der Waals surface area contributed by atoms with Crippen molar-refractivity contribution in [2.24, 2.45) is 11.8 Å². The number of nitrogens with one attached hydrogen (secondary N) is 3. The minimum absolute atomic E-state index is 0.0321. The topological polar surface area (TPSA) is 87.3 Å². The molecule has 1 saturated heterocycles. The number of hydrogen-bond acceptors (Lipinski definition) is 3. The summed E-state index contributed by atoms with van der Waals surface area (Å²) in [6, 6.07) is 7.49. The van der Waals surface area contributed by atoms with Gasteiger partial charge in [-0.1, -0.05) is 23.7 Å². The first kappa shape index (κ1) is 19.7. The van der Waals surface area contributed by atoms with Gasteiger partial charge in [0.2, 0.25) is 17.7 Å². The normalized spacial score (nSPS) is 25.4. The van der Waals surface area contributed by atoms with Crippen molar-refractivity contribution in [1.29, 1.82) is 0 Å². The molecule has 2 fully saturated rings. The summed E-state index contributed by atoms with van der Waals surface area (Å²) in [6.07, 6.45) is 4.44. The van der Waals surface area contributed by atoms with Gasteiger partial charge in [0.1, 0.15) is 5.92 Å². The highest BCUT2D eigenvalue weighted by Crippen LogP contribution is 2.25. The first-order valence-electron chi connectivity index (χ1n) is 9.63. The average Bonchev–Trinajstić information content (AvgIpc) is 2.67. The van der Waals surface area contributed by atoms with Crippen LogP contribution in [-0.2, 0) is 20.9 Å². The Morgan fingerprint density at radius 2 is 1.89 bits per heavy atom. The summed E-state index contributed by atoms with van der Waals surface area (Å²) >= 11 is 5.96. The molecule has 1 aliphatic carbocycles. The van der Waals surface area contributed by atoms with Gasteiger partial charge in [-0.3, -0.25) is 14.4 Å². The molecule has 3 N–H and O–H groups in total. The molecule has 1 aromatic rings. The van der Waals surface area contributed by atoms with Crippen LogP contribution in [0.1, 0.15) is 44.1 Å². The smallest absolute Gasteiger partial charge is 0.232 e. The van der Waals surface area contributed by atoms with Gasteiger partial charge in [0.25, 0.3) is 0 Å². The predicted octanol–water partition coefficient (Wildman–Crippen LogP) is 2.16. The van der Waals surface area contributed by atoms with Gasteiger partial charge in [0, 0.05) is 30.1 Å². The van der Waals surface area contributed by atoms with E-state index in [0.717, 1.165) is 37.7 Å². The van der Waals surface area contributed by atoms with Crippen molar-refractivity contribution >= 4 is 29.3 Å². The van der Waals surface area contributed by atoms with Crippen LogP contribution in [0.25, 0.3) is 0 Å². The molecule has 1 aliphatic heterocycles. The van der Waals surface area contributed by atoms with E-state index in [1.807, 2.05) is 18.2 Å². The molecule has 3 rings (SSSR count). The van der Waals surface area contributed by atoms with E-state index in [-0.39, 0.29) is 29.7 Å². The fraction of sp³-hybridized carbons (Fsp3) is 0.550. The fourth-order valence-electron chi connectivity index (χ4n) is 3.80. The lowest BCUT2D eigenvalue weighted by Gasteiger charge is -2.30. The van der Waals surface area contributed by atoms with Crippen LogP contribution >= 0.6 is 11.6 Å². The summed E-state index contributed by atoms with van der Waals surface area (Å²) in [6.45, 7) is 1.12. The van der Waals surface area contributed by atoms with E-state index in [9.17, 15) is 14.4 Å². The number of carbonyl (C=O) groups excluding carboxylic acids is 3. The summed E-state index contributed by atoms with van der Waals surface area (Å²) in [5, 5.41) is 9.37.